The van der Waals surface area contributed by atoms with Gasteiger partial charge in [0.15, 0.2) is 0 Å². The number of rotatable bonds is 2. The smallest absolute Gasteiger partial charge is 0.315 e. The first-order valence-electron chi connectivity index (χ1n) is 3.99. The number of nitrogens with one attached hydrogen (secondary N) is 2. The van der Waals surface area contributed by atoms with Gasteiger partial charge < -0.3 is 10.6 Å². The Labute approximate surface area is 69.5 Å². The number of piperidine rings is 1. The van der Waals surface area contributed by atoms with Gasteiger partial charge >= 0.3 is 6.43 Å². The number of alkyl halides is 2. The first kappa shape index (κ1) is 9.38. The number of hydrogen-bond acceptors (Lipinski definition) is 2. The fourth-order valence-corrected chi connectivity index (χ4v) is 1.24. The maximum Gasteiger partial charge on any atom is 0.315 e. The van der Waals surface area contributed by atoms with E-state index < -0.39 is 12.3 Å². The molecule has 1 aliphatic heterocycles. The molecule has 0 bridgehead atoms. The Bertz CT molecular complexity index is 157. The van der Waals surface area contributed by atoms with E-state index >= 15 is 0 Å². The van der Waals surface area contributed by atoms with Crippen molar-refractivity contribution in [3.05, 3.63) is 0 Å². The average molecular weight is 178 g/mol. The van der Waals surface area contributed by atoms with Gasteiger partial charge in [0.1, 0.15) is 0 Å². The molecule has 0 unspecified atom stereocenters. The van der Waals surface area contributed by atoms with Crippen molar-refractivity contribution in [3.8, 4) is 0 Å². The lowest BCUT2D eigenvalue weighted by molar-refractivity contribution is -0.132. The number of carbonyl (C=O) groups excluding carboxylic acids is 1. The van der Waals surface area contributed by atoms with Crippen LogP contribution < -0.4 is 10.6 Å². The van der Waals surface area contributed by atoms with Crippen molar-refractivity contribution in [2.24, 2.45) is 0 Å². The number of hydrogen-bond donors (Lipinski definition) is 2. The molecule has 2 N–H and O–H groups in total. The standard InChI is InChI=1S/C7H12F2N2O/c8-6(9)7(12)11-5-2-1-3-10-4-5/h5-6,10H,1-4H2,(H,11,12)/t5-/m1/s1. The molecule has 12 heavy (non-hydrogen) atoms. The minimum Gasteiger partial charge on any atom is -0.347 e. The highest BCUT2D eigenvalue weighted by atomic mass is 19.3. The van der Waals surface area contributed by atoms with Gasteiger partial charge in [0, 0.05) is 12.6 Å². The van der Waals surface area contributed by atoms with Crippen LogP contribution in [0.15, 0.2) is 0 Å². The molecule has 5 heteroatoms. The van der Waals surface area contributed by atoms with Gasteiger partial charge in [0.05, 0.1) is 0 Å². The lowest BCUT2D eigenvalue weighted by Crippen LogP contribution is -2.47. The zero-order chi connectivity index (χ0) is 8.97. The quantitative estimate of drug-likeness (QED) is 0.630. The van der Waals surface area contributed by atoms with Gasteiger partial charge in [-0.15, -0.1) is 0 Å². The molecule has 0 saturated carbocycles. The summed E-state index contributed by atoms with van der Waals surface area (Å²) in [7, 11) is 0. The topological polar surface area (TPSA) is 41.1 Å². The molecule has 1 saturated heterocycles. The van der Waals surface area contributed by atoms with Crippen molar-refractivity contribution in [3.63, 3.8) is 0 Å². The molecule has 0 aromatic rings. The summed E-state index contributed by atoms with van der Waals surface area (Å²) in [5, 5.41) is 5.29. The molecule has 1 amide bonds. The highest BCUT2D eigenvalue weighted by Crippen LogP contribution is 2.02. The fourth-order valence-electron chi connectivity index (χ4n) is 1.24. The van der Waals surface area contributed by atoms with Gasteiger partial charge in [0.2, 0.25) is 0 Å². The second-order valence-corrected chi connectivity index (χ2v) is 2.85. The van der Waals surface area contributed by atoms with Crippen molar-refractivity contribution in [2.45, 2.75) is 25.3 Å². The molecule has 0 spiro atoms. The minimum atomic E-state index is -2.90. The largest absolute Gasteiger partial charge is 0.347 e. The molecule has 0 aromatic carbocycles. The SMILES string of the molecule is O=C(N[C@@H]1CCCNC1)C(F)F. The van der Waals surface area contributed by atoms with E-state index in [-0.39, 0.29) is 6.04 Å². The molecule has 3 nitrogen and oxygen atoms in total. The number of halogens is 2. The van der Waals surface area contributed by atoms with Crippen LogP contribution in [-0.4, -0.2) is 31.5 Å². The fraction of sp³-hybridized carbons (Fsp3) is 0.857. The van der Waals surface area contributed by atoms with Crippen LogP contribution >= 0.6 is 0 Å². The van der Waals surface area contributed by atoms with Crippen LogP contribution in [0.5, 0.6) is 0 Å². The van der Waals surface area contributed by atoms with Gasteiger partial charge in [0.25, 0.3) is 5.91 Å². The molecule has 1 heterocycles. The van der Waals surface area contributed by atoms with E-state index in [9.17, 15) is 13.6 Å². The predicted octanol–water partition coefficient (Wildman–Crippen LogP) is 0.120. The zero-order valence-electron chi connectivity index (χ0n) is 6.65. The highest BCUT2D eigenvalue weighted by Gasteiger charge is 2.20. The molecule has 70 valence electrons. The minimum absolute atomic E-state index is 0.125. The maximum absolute atomic E-state index is 11.8. The normalized spacial score (nSPS) is 24.1. The van der Waals surface area contributed by atoms with E-state index in [0.717, 1.165) is 19.4 Å². The number of carbonyl (C=O) groups is 1. The van der Waals surface area contributed by atoms with Crippen LogP contribution in [0.2, 0.25) is 0 Å². The van der Waals surface area contributed by atoms with Gasteiger partial charge in [-0.1, -0.05) is 0 Å². The lowest BCUT2D eigenvalue weighted by atomic mass is 10.1. The van der Waals surface area contributed by atoms with Crippen molar-refractivity contribution in [2.75, 3.05) is 13.1 Å². The summed E-state index contributed by atoms with van der Waals surface area (Å²) >= 11 is 0. The molecule has 0 aromatic heterocycles. The average Bonchev–Trinajstić information content (AvgIpc) is 2.06. The van der Waals surface area contributed by atoms with E-state index in [4.69, 9.17) is 0 Å². The third-order valence-corrected chi connectivity index (χ3v) is 1.84. The van der Waals surface area contributed by atoms with Crippen LogP contribution in [0, 0.1) is 0 Å². The van der Waals surface area contributed by atoms with Crippen molar-refractivity contribution >= 4 is 5.91 Å². The van der Waals surface area contributed by atoms with Crippen LogP contribution in [0.4, 0.5) is 8.78 Å². The van der Waals surface area contributed by atoms with Crippen molar-refractivity contribution < 1.29 is 13.6 Å². The van der Waals surface area contributed by atoms with Crippen LogP contribution in [0.1, 0.15) is 12.8 Å². The Hall–Kier alpha value is -0.710. The summed E-state index contributed by atoms with van der Waals surface area (Å²) < 4.78 is 23.5. The van der Waals surface area contributed by atoms with Gasteiger partial charge in [-0.2, -0.15) is 8.78 Å². The van der Waals surface area contributed by atoms with Crippen LogP contribution in [0.3, 0.4) is 0 Å². The first-order chi connectivity index (χ1) is 5.70. The van der Waals surface area contributed by atoms with E-state index in [1.807, 2.05) is 0 Å². The summed E-state index contributed by atoms with van der Waals surface area (Å²) in [6.07, 6.45) is -1.19. The molecular formula is C7H12F2N2O. The highest BCUT2D eigenvalue weighted by molar-refractivity contribution is 5.79. The third-order valence-electron chi connectivity index (χ3n) is 1.84. The van der Waals surface area contributed by atoms with Gasteiger partial charge in [-0.3, -0.25) is 4.79 Å². The molecule has 1 atom stereocenters. The summed E-state index contributed by atoms with van der Waals surface area (Å²) in [6, 6.07) is -0.125. The molecule has 0 radical (unpaired) electrons. The van der Waals surface area contributed by atoms with Crippen LogP contribution in [-0.2, 0) is 4.79 Å². The monoisotopic (exact) mass is 178 g/mol. The third kappa shape index (κ3) is 2.73. The second kappa shape index (κ2) is 4.35. The summed E-state index contributed by atoms with van der Waals surface area (Å²) in [5.74, 6) is -1.16. The lowest BCUT2D eigenvalue weighted by Gasteiger charge is -2.23. The zero-order valence-corrected chi connectivity index (χ0v) is 6.65. The molecule has 0 aliphatic carbocycles. The molecule has 1 fully saturated rings. The Morgan fingerprint density at radius 1 is 1.58 bits per heavy atom. The van der Waals surface area contributed by atoms with E-state index in [2.05, 4.69) is 10.6 Å². The summed E-state index contributed by atoms with van der Waals surface area (Å²) in [6.45, 7) is 1.50. The van der Waals surface area contributed by atoms with Gasteiger partial charge in [-0.25, -0.2) is 0 Å². The Kier molecular flexibility index (Phi) is 3.40. The molecule has 1 rings (SSSR count). The second-order valence-electron chi connectivity index (χ2n) is 2.85. The summed E-state index contributed by atoms with van der Waals surface area (Å²) in [4.78, 5) is 10.5. The van der Waals surface area contributed by atoms with E-state index in [1.54, 1.807) is 0 Å². The maximum atomic E-state index is 11.8. The van der Waals surface area contributed by atoms with Crippen molar-refractivity contribution in [1.29, 1.82) is 0 Å². The first-order valence-corrected chi connectivity index (χ1v) is 3.99. The summed E-state index contributed by atoms with van der Waals surface area (Å²) in [5.41, 5.74) is 0. The van der Waals surface area contributed by atoms with E-state index in [0.29, 0.717) is 6.54 Å². The number of amides is 1. The Balaban J connectivity index is 2.24. The molecular weight excluding hydrogens is 166 g/mol. The van der Waals surface area contributed by atoms with Crippen LogP contribution in [0.25, 0.3) is 0 Å². The Morgan fingerprint density at radius 3 is 2.83 bits per heavy atom. The Morgan fingerprint density at radius 2 is 2.33 bits per heavy atom. The van der Waals surface area contributed by atoms with E-state index in [1.165, 1.54) is 0 Å². The van der Waals surface area contributed by atoms with Crippen molar-refractivity contribution in [1.82, 2.24) is 10.6 Å². The predicted molar refractivity (Wildman–Crippen MR) is 40.0 cm³/mol. The molecule has 1 aliphatic rings. The van der Waals surface area contributed by atoms with Gasteiger partial charge in [-0.05, 0) is 19.4 Å².